The second-order valence-corrected chi connectivity index (χ2v) is 13.7. The number of cyclic esters (lactones) is 1. The predicted molar refractivity (Wildman–Crippen MR) is 203 cm³/mol. The molecular formula is C43H49NO13. The first-order chi connectivity index (χ1) is 27.6. The van der Waals surface area contributed by atoms with Crippen LogP contribution in [0.1, 0.15) is 49.4 Å². The molecule has 14 heteroatoms. The van der Waals surface area contributed by atoms with Crippen LogP contribution >= 0.6 is 0 Å². The maximum absolute atomic E-state index is 13.6. The number of methoxy groups -OCH3 is 1. The van der Waals surface area contributed by atoms with Crippen LogP contribution in [0.5, 0.6) is 0 Å². The molecule has 0 radical (unpaired) electrons. The highest BCUT2D eigenvalue weighted by atomic mass is 16.7. The van der Waals surface area contributed by atoms with E-state index in [1.165, 1.54) is 14.0 Å². The van der Waals surface area contributed by atoms with Crippen molar-refractivity contribution in [3.8, 4) is 0 Å². The number of ketones is 2. The van der Waals surface area contributed by atoms with Crippen LogP contribution in [0.4, 0.5) is 4.79 Å². The van der Waals surface area contributed by atoms with Crippen molar-refractivity contribution >= 4 is 29.5 Å². The van der Waals surface area contributed by atoms with Gasteiger partial charge in [0.2, 0.25) is 5.91 Å². The number of carbonyl (C=O) groups is 5. The molecule has 2 heterocycles. The Balaban J connectivity index is 1.21. The molecule has 2 amide bonds. The van der Waals surface area contributed by atoms with Gasteiger partial charge < -0.3 is 38.3 Å². The number of rotatable bonds is 20. The van der Waals surface area contributed by atoms with Gasteiger partial charge in [0.15, 0.2) is 24.0 Å². The van der Waals surface area contributed by atoms with Crippen LogP contribution in [-0.4, -0.2) is 103 Å². The average molecular weight is 788 g/mol. The smallest absolute Gasteiger partial charge is 0.417 e. The summed E-state index contributed by atoms with van der Waals surface area (Å²) in [7, 11) is 1.45. The summed E-state index contributed by atoms with van der Waals surface area (Å²) in [5, 5.41) is 10.3. The van der Waals surface area contributed by atoms with Gasteiger partial charge in [0.25, 0.3) is 0 Å². The predicted octanol–water partition coefficient (Wildman–Crippen LogP) is 4.67. The van der Waals surface area contributed by atoms with Crippen LogP contribution in [0.2, 0.25) is 0 Å². The molecule has 1 N–H and O–H groups in total. The van der Waals surface area contributed by atoms with Gasteiger partial charge in [-0.05, 0) is 42.2 Å². The molecule has 0 saturated carbocycles. The summed E-state index contributed by atoms with van der Waals surface area (Å²) in [5.41, 5.74) is 2.49. The summed E-state index contributed by atoms with van der Waals surface area (Å²) >= 11 is 0. The summed E-state index contributed by atoms with van der Waals surface area (Å²) < 4.78 is 41.1. The number of aliphatic hydroxyl groups is 1. The van der Waals surface area contributed by atoms with Crippen LogP contribution in [-0.2, 0) is 65.5 Å². The highest BCUT2D eigenvalue weighted by molar-refractivity contribution is 6.04. The number of nitrogens with zero attached hydrogens (tertiary/aromatic N) is 1. The standard InChI is InChI=1S/C43H49NO13/c1-28(41(49)44-34(27-55-43(44)50)32-18-11-6-12-19-32)37(56-29(2)46)35(48)22-21-33(47)20-13-23-52-40-39(54-26-31-16-9-5-10-17-31)38(36(24-45)57-42(40)51-3)53-25-30-14-7-4-8-15-30/h4-12,14-19,21-22,28,34,36-40,42,45H,13,20,23-27H2,1-3H3. The Morgan fingerprint density at radius 1 is 0.842 bits per heavy atom. The van der Waals surface area contributed by atoms with Crippen LogP contribution < -0.4 is 0 Å². The van der Waals surface area contributed by atoms with Gasteiger partial charge in [-0.25, -0.2) is 9.69 Å². The van der Waals surface area contributed by atoms with Crippen LogP contribution in [0, 0.1) is 5.92 Å². The topological polar surface area (TPSA) is 173 Å². The fourth-order valence-corrected chi connectivity index (χ4v) is 6.65. The molecule has 3 aromatic carbocycles. The highest BCUT2D eigenvalue weighted by Crippen LogP contribution is 2.32. The Kier molecular flexibility index (Phi) is 16.2. The van der Waals surface area contributed by atoms with Crippen molar-refractivity contribution in [3.05, 3.63) is 120 Å². The normalized spacial score (nSPS) is 23.2. The first-order valence-corrected chi connectivity index (χ1v) is 18.8. The van der Waals surface area contributed by atoms with Crippen LogP contribution in [0.3, 0.4) is 0 Å². The van der Waals surface area contributed by atoms with E-state index in [0.717, 1.165) is 35.1 Å². The third kappa shape index (κ3) is 11.7. The van der Waals surface area contributed by atoms with Gasteiger partial charge in [0.1, 0.15) is 37.1 Å². The lowest BCUT2D eigenvalue weighted by Gasteiger charge is -2.45. The summed E-state index contributed by atoms with van der Waals surface area (Å²) in [6.45, 7) is 2.54. The van der Waals surface area contributed by atoms with Gasteiger partial charge in [0.05, 0.1) is 25.7 Å². The molecule has 2 fully saturated rings. The quantitative estimate of drug-likeness (QED) is 0.0952. The number of hydrogen-bond acceptors (Lipinski definition) is 13. The second kappa shape index (κ2) is 21.4. The summed E-state index contributed by atoms with van der Waals surface area (Å²) in [4.78, 5) is 65.4. The highest BCUT2D eigenvalue weighted by Gasteiger charge is 2.48. The maximum Gasteiger partial charge on any atom is 0.417 e. The molecule has 0 spiro atoms. The van der Waals surface area contributed by atoms with E-state index in [9.17, 15) is 29.1 Å². The Morgan fingerprint density at radius 3 is 2.02 bits per heavy atom. The maximum atomic E-state index is 13.6. The molecule has 0 bridgehead atoms. The zero-order valence-corrected chi connectivity index (χ0v) is 32.2. The number of esters is 1. The zero-order valence-electron chi connectivity index (χ0n) is 32.2. The zero-order chi connectivity index (χ0) is 40.7. The van der Waals surface area contributed by atoms with Gasteiger partial charge in [-0.15, -0.1) is 0 Å². The molecule has 2 aliphatic rings. The lowest BCUT2D eigenvalue weighted by atomic mass is 9.97. The molecule has 14 nitrogen and oxygen atoms in total. The Morgan fingerprint density at radius 2 is 1.44 bits per heavy atom. The summed E-state index contributed by atoms with van der Waals surface area (Å²) in [6.07, 6.45) is -4.27. The van der Waals surface area contributed by atoms with E-state index in [4.69, 9.17) is 33.2 Å². The fraction of sp³-hybridized carbons (Fsp3) is 0.419. The van der Waals surface area contributed by atoms with E-state index in [1.54, 1.807) is 30.3 Å². The number of imide groups is 1. The third-order valence-corrected chi connectivity index (χ3v) is 9.60. The van der Waals surface area contributed by atoms with Crippen molar-refractivity contribution in [2.24, 2.45) is 5.92 Å². The number of amides is 2. The van der Waals surface area contributed by atoms with Crippen molar-refractivity contribution in [2.45, 2.75) is 82.8 Å². The number of hydrogen-bond donors (Lipinski definition) is 1. The number of aliphatic hydroxyl groups excluding tert-OH is 1. The van der Waals surface area contributed by atoms with Crippen molar-refractivity contribution in [3.63, 3.8) is 0 Å². The van der Waals surface area contributed by atoms with Gasteiger partial charge >= 0.3 is 12.1 Å². The molecule has 8 atom stereocenters. The van der Waals surface area contributed by atoms with E-state index < -0.39 is 78.3 Å². The molecule has 2 saturated heterocycles. The molecule has 304 valence electrons. The van der Waals surface area contributed by atoms with Crippen molar-refractivity contribution in [2.75, 3.05) is 26.9 Å². The van der Waals surface area contributed by atoms with Gasteiger partial charge in [-0.2, -0.15) is 0 Å². The molecule has 0 aliphatic carbocycles. The number of carbonyl (C=O) groups excluding carboxylic acids is 5. The molecular weight excluding hydrogens is 738 g/mol. The van der Waals surface area contributed by atoms with E-state index in [0.29, 0.717) is 5.56 Å². The Labute approximate surface area is 331 Å². The van der Waals surface area contributed by atoms with Crippen molar-refractivity contribution in [1.82, 2.24) is 4.90 Å². The van der Waals surface area contributed by atoms with Gasteiger partial charge in [-0.3, -0.25) is 19.2 Å². The van der Waals surface area contributed by atoms with E-state index >= 15 is 0 Å². The molecule has 57 heavy (non-hydrogen) atoms. The van der Waals surface area contributed by atoms with E-state index in [1.807, 2.05) is 60.7 Å². The minimum absolute atomic E-state index is 0.0250. The van der Waals surface area contributed by atoms with Gasteiger partial charge in [-0.1, -0.05) is 91.0 Å². The minimum atomic E-state index is -1.60. The molecule has 0 aromatic heterocycles. The first-order valence-electron chi connectivity index (χ1n) is 18.8. The van der Waals surface area contributed by atoms with Crippen LogP contribution in [0.15, 0.2) is 103 Å². The number of benzene rings is 3. The molecule has 2 aliphatic heterocycles. The molecule has 5 rings (SSSR count). The molecule has 3 aromatic rings. The second-order valence-electron chi connectivity index (χ2n) is 13.7. The number of allylic oxidation sites excluding steroid dienone is 1. The Bertz CT molecular complexity index is 1810. The van der Waals surface area contributed by atoms with E-state index in [2.05, 4.69) is 0 Å². The van der Waals surface area contributed by atoms with Crippen LogP contribution in [0.25, 0.3) is 0 Å². The first kappa shape index (κ1) is 43.0. The SMILES string of the molecule is COC1OC(CO)C(OCc2ccccc2)C(OCc2ccccc2)C1OCCCC(=O)C=CC(=O)C(OC(C)=O)C(C)C(=O)N1C(=O)OCC1c1ccccc1. The summed E-state index contributed by atoms with van der Waals surface area (Å²) in [6, 6.07) is 27.2. The third-order valence-electron chi connectivity index (χ3n) is 9.60. The number of ether oxygens (including phenoxy) is 7. The fourth-order valence-electron chi connectivity index (χ4n) is 6.65. The minimum Gasteiger partial charge on any atom is -0.453 e. The monoisotopic (exact) mass is 787 g/mol. The van der Waals surface area contributed by atoms with E-state index in [-0.39, 0.29) is 45.9 Å². The average Bonchev–Trinajstić information content (AvgIpc) is 3.63. The summed E-state index contributed by atoms with van der Waals surface area (Å²) in [5.74, 6) is -4.10. The van der Waals surface area contributed by atoms with Crippen molar-refractivity contribution in [1.29, 1.82) is 0 Å². The lowest BCUT2D eigenvalue weighted by molar-refractivity contribution is -0.319. The lowest BCUT2D eigenvalue weighted by Crippen LogP contribution is -2.61. The van der Waals surface area contributed by atoms with Gasteiger partial charge in [0, 0.05) is 27.1 Å². The van der Waals surface area contributed by atoms with Crippen molar-refractivity contribution < 1.29 is 62.2 Å². The largest absolute Gasteiger partial charge is 0.453 e. The Hall–Kier alpha value is -5.09. The molecule has 8 unspecified atom stereocenters.